The van der Waals surface area contributed by atoms with Crippen molar-refractivity contribution in [1.29, 1.82) is 0 Å². The minimum atomic E-state index is -1.42. The summed E-state index contributed by atoms with van der Waals surface area (Å²) >= 11 is 0. The Bertz CT molecular complexity index is 1130. The van der Waals surface area contributed by atoms with Crippen LogP contribution in [0.5, 0.6) is 0 Å². The molecule has 164 valence electrons. The van der Waals surface area contributed by atoms with E-state index < -0.39 is 30.4 Å². The average Bonchev–Trinajstić information content (AvgIpc) is 3.41. The highest BCUT2D eigenvalue weighted by Crippen LogP contribution is 2.32. The Morgan fingerprint density at radius 1 is 1.35 bits per heavy atom. The number of nitrogens with zero attached hydrogens (tertiary/aromatic N) is 7. The number of ether oxygens (including phenoxy) is 1. The number of fused-ring (bicyclic) bond motifs is 1. The van der Waals surface area contributed by atoms with Gasteiger partial charge in [-0.3, -0.25) is 9.36 Å². The molecule has 0 radical (unpaired) electrons. The fraction of sp³-hybridized carbons (Fsp3) is 0.412. The quantitative estimate of drug-likeness (QED) is 0.223. The zero-order valence-electron chi connectivity index (χ0n) is 16.7. The summed E-state index contributed by atoms with van der Waals surface area (Å²) in [6.45, 7) is 2.10. The molecule has 3 aromatic rings. The average molecular weight is 430 g/mol. The first-order valence-electron chi connectivity index (χ1n) is 9.45. The Morgan fingerprint density at radius 3 is 2.87 bits per heavy atom. The molecule has 1 aliphatic heterocycles. The summed E-state index contributed by atoms with van der Waals surface area (Å²) in [6, 6.07) is 0. The standard InChI is InChI=1S/C17H22N10O4/c1-3-20-15(30)12-10(28)11(29)16(31-12)27-7-21-9-13(18)23-17(24-14(9)27)25-22-5-8-4-19-6-26(8)2/h4-7,10-12,16,28-29H,3H2,1-2H3,(H,20,30)(H3,18,23,24,25)/b22-5+/t10-,11+,12-,16+/m0/s1. The number of aryl methyl sites for hydroxylation is 1. The van der Waals surface area contributed by atoms with E-state index >= 15 is 0 Å². The number of anilines is 2. The van der Waals surface area contributed by atoms with Crippen LogP contribution in [-0.4, -0.2) is 76.3 Å². The number of hydrogen-bond donors (Lipinski definition) is 5. The Balaban J connectivity index is 1.61. The summed E-state index contributed by atoms with van der Waals surface area (Å²) in [5, 5.41) is 27.4. The zero-order valence-corrected chi connectivity index (χ0v) is 16.7. The van der Waals surface area contributed by atoms with Gasteiger partial charge in [0.25, 0.3) is 5.91 Å². The number of likely N-dealkylation sites (N-methyl/N-ethyl adjacent to an activating group) is 1. The molecular formula is C17H22N10O4. The maximum Gasteiger partial charge on any atom is 0.252 e. The van der Waals surface area contributed by atoms with Crippen LogP contribution in [0.2, 0.25) is 0 Å². The highest BCUT2D eigenvalue weighted by molar-refractivity contribution is 5.84. The molecule has 1 saturated heterocycles. The van der Waals surface area contributed by atoms with Crippen molar-refractivity contribution < 1.29 is 19.7 Å². The molecule has 0 unspecified atom stereocenters. The molecule has 1 aliphatic rings. The minimum Gasteiger partial charge on any atom is -0.387 e. The smallest absolute Gasteiger partial charge is 0.252 e. The number of nitrogen functional groups attached to an aromatic ring is 1. The van der Waals surface area contributed by atoms with Crippen molar-refractivity contribution in [3.05, 3.63) is 24.5 Å². The Morgan fingerprint density at radius 2 is 2.16 bits per heavy atom. The number of nitrogens with two attached hydrogens (primary N) is 1. The summed E-state index contributed by atoms with van der Waals surface area (Å²) in [6.07, 6.45) is 0.994. The van der Waals surface area contributed by atoms with Crippen molar-refractivity contribution in [3.8, 4) is 0 Å². The number of carbonyl (C=O) groups excluding carboxylic acids is 1. The number of aromatic nitrogens is 6. The first-order valence-corrected chi connectivity index (χ1v) is 9.45. The van der Waals surface area contributed by atoms with E-state index in [0.717, 1.165) is 5.69 Å². The van der Waals surface area contributed by atoms with Crippen LogP contribution in [0.4, 0.5) is 11.8 Å². The van der Waals surface area contributed by atoms with E-state index in [9.17, 15) is 15.0 Å². The van der Waals surface area contributed by atoms with Gasteiger partial charge in [-0.1, -0.05) is 0 Å². The van der Waals surface area contributed by atoms with Gasteiger partial charge in [0.2, 0.25) is 5.95 Å². The van der Waals surface area contributed by atoms with Gasteiger partial charge in [-0.05, 0) is 6.92 Å². The van der Waals surface area contributed by atoms with Gasteiger partial charge in [0, 0.05) is 13.6 Å². The van der Waals surface area contributed by atoms with Gasteiger partial charge in [-0.15, -0.1) is 0 Å². The second kappa shape index (κ2) is 8.25. The summed E-state index contributed by atoms with van der Waals surface area (Å²) in [5.74, 6) is -0.365. The van der Waals surface area contributed by atoms with Gasteiger partial charge in [0.05, 0.1) is 30.8 Å². The van der Waals surface area contributed by atoms with Crippen molar-refractivity contribution in [1.82, 2.24) is 34.4 Å². The highest BCUT2D eigenvalue weighted by atomic mass is 16.6. The second-order valence-electron chi connectivity index (χ2n) is 6.88. The van der Waals surface area contributed by atoms with E-state index in [4.69, 9.17) is 10.5 Å². The van der Waals surface area contributed by atoms with Gasteiger partial charge < -0.3 is 30.6 Å². The van der Waals surface area contributed by atoms with Crippen LogP contribution >= 0.6 is 0 Å². The molecule has 14 nitrogen and oxygen atoms in total. The number of nitrogens with one attached hydrogen (secondary N) is 2. The van der Waals surface area contributed by atoms with Crippen LogP contribution < -0.4 is 16.5 Å². The predicted molar refractivity (Wildman–Crippen MR) is 109 cm³/mol. The number of carbonyl (C=O) groups is 1. The van der Waals surface area contributed by atoms with E-state index in [-0.39, 0.29) is 22.9 Å². The normalized spacial score (nSPS) is 23.6. The van der Waals surface area contributed by atoms with Crippen molar-refractivity contribution in [3.63, 3.8) is 0 Å². The van der Waals surface area contributed by atoms with Crippen molar-refractivity contribution in [2.45, 2.75) is 31.5 Å². The Kier molecular flexibility index (Phi) is 5.50. The monoisotopic (exact) mass is 430 g/mol. The Hall–Kier alpha value is -3.62. The van der Waals surface area contributed by atoms with Crippen LogP contribution in [0.15, 0.2) is 24.0 Å². The summed E-state index contributed by atoms with van der Waals surface area (Å²) in [4.78, 5) is 28.7. The van der Waals surface area contributed by atoms with Gasteiger partial charge in [0.15, 0.2) is 23.8 Å². The lowest BCUT2D eigenvalue weighted by atomic mass is 10.1. The third-order valence-corrected chi connectivity index (χ3v) is 4.79. The van der Waals surface area contributed by atoms with E-state index in [1.54, 1.807) is 24.0 Å². The number of imidazole rings is 2. The molecule has 31 heavy (non-hydrogen) atoms. The van der Waals surface area contributed by atoms with Crippen molar-refractivity contribution in [2.24, 2.45) is 12.1 Å². The molecule has 0 aliphatic carbocycles. The van der Waals surface area contributed by atoms with Gasteiger partial charge in [-0.25, -0.2) is 15.4 Å². The number of hydrogen-bond acceptors (Lipinski definition) is 11. The largest absolute Gasteiger partial charge is 0.387 e. The molecule has 0 saturated carbocycles. The fourth-order valence-corrected chi connectivity index (χ4v) is 3.20. The number of amides is 1. The summed E-state index contributed by atoms with van der Waals surface area (Å²) in [5.41, 5.74) is 9.92. The van der Waals surface area contributed by atoms with Crippen LogP contribution in [0.1, 0.15) is 18.8 Å². The number of hydrazone groups is 1. The molecule has 4 heterocycles. The molecule has 4 rings (SSSR count). The third-order valence-electron chi connectivity index (χ3n) is 4.79. The number of aliphatic hydroxyl groups excluding tert-OH is 2. The minimum absolute atomic E-state index is 0.0790. The highest BCUT2D eigenvalue weighted by Gasteiger charge is 2.47. The molecule has 0 aromatic carbocycles. The molecule has 1 fully saturated rings. The fourth-order valence-electron chi connectivity index (χ4n) is 3.20. The first-order chi connectivity index (χ1) is 14.9. The van der Waals surface area contributed by atoms with E-state index in [0.29, 0.717) is 6.54 Å². The number of aliphatic hydroxyl groups is 2. The zero-order chi connectivity index (χ0) is 22.1. The van der Waals surface area contributed by atoms with Crippen molar-refractivity contribution >= 4 is 35.1 Å². The topological polar surface area (TPSA) is 191 Å². The summed E-state index contributed by atoms with van der Waals surface area (Å²) < 4.78 is 8.78. The predicted octanol–water partition coefficient (Wildman–Crippen LogP) is -1.66. The molecule has 0 bridgehead atoms. The lowest BCUT2D eigenvalue weighted by molar-refractivity contribution is -0.137. The molecule has 4 atom stereocenters. The lowest BCUT2D eigenvalue weighted by Gasteiger charge is -2.16. The van der Waals surface area contributed by atoms with Crippen LogP contribution in [0, 0.1) is 0 Å². The maximum absolute atomic E-state index is 12.1. The molecular weight excluding hydrogens is 408 g/mol. The van der Waals surface area contributed by atoms with Gasteiger partial charge in [0.1, 0.15) is 17.7 Å². The SMILES string of the molecule is CCNC(=O)[C@H]1O[C@@H](n2cnc3c(N)nc(N/N=C/c4cncn4C)nc32)[C@H](O)[C@@H]1O. The molecule has 3 aromatic heterocycles. The molecule has 1 amide bonds. The summed E-state index contributed by atoms with van der Waals surface area (Å²) in [7, 11) is 1.82. The molecule has 6 N–H and O–H groups in total. The van der Waals surface area contributed by atoms with Crippen LogP contribution in [-0.2, 0) is 16.6 Å². The first kappa shape index (κ1) is 20.6. The third kappa shape index (κ3) is 3.78. The van der Waals surface area contributed by atoms with Crippen LogP contribution in [0.25, 0.3) is 11.2 Å². The Labute approximate surface area is 175 Å². The maximum atomic E-state index is 12.1. The lowest BCUT2D eigenvalue weighted by Crippen LogP contribution is -2.42. The molecule has 14 heteroatoms. The van der Waals surface area contributed by atoms with E-state index in [2.05, 4.69) is 35.8 Å². The second-order valence-corrected chi connectivity index (χ2v) is 6.88. The van der Waals surface area contributed by atoms with Gasteiger partial charge >= 0.3 is 0 Å². The van der Waals surface area contributed by atoms with E-state index in [1.165, 1.54) is 17.1 Å². The van der Waals surface area contributed by atoms with Crippen LogP contribution in [0.3, 0.4) is 0 Å². The van der Waals surface area contributed by atoms with E-state index in [1.807, 2.05) is 7.05 Å². The molecule has 0 spiro atoms. The van der Waals surface area contributed by atoms with Gasteiger partial charge in [-0.2, -0.15) is 15.1 Å². The van der Waals surface area contributed by atoms with Crippen molar-refractivity contribution in [2.75, 3.05) is 17.7 Å². The number of rotatable bonds is 6.